The van der Waals surface area contributed by atoms with Gasteiger partial charge < -0.3 is 5.32 Å². The Balaban J connectivity index is 2.29. The molecule has 3 heteroatoms. The van der Waals surface area contributed by atoms with E-state index in [2.05, 4.69) is 5.32 Å². The van der Waals surface area contributed by atoms with Crippen LogP contribution in [0.5, 0.6) is 0 Å². The summed E-state index contributed by atoms with van der Waals surface area (Å²) in [6, 6.07) is 4.33. The highest BCUT2D eigenvalue weighted by molar-refractivity contribution is 5.26. The second kappa shape index (κ2) is 4.91. The van der Waals surface area contributed by atoms with Crippen molar-refractivity contribution in [2.45, 2.75) is 38.1 Å². The van der Waals surface area contributed by atoms with Crippen LogP contribution in [0.4, 0.5) is 8.78 Å². The van der Waals surface area contributed by atoms with Crippen LogP contribution in [0.25, 0.3) is 0 Å². The van der Waals surface area contributed by atoms with E-state index in [-0.39, 0.29) is 17.5 Å². The van der Waals surface area contributed by atoms with E-state index in [9.17, 15) is 8.78 Å². The first kappa shape index (κ1) is 11.5. The molecule has 2 rings (SSSR count). The van der Waals surface area contributed by atoms with Crippen molar-refractivity contribution in [2.24, 2.45) is 0 Å². The Labute approximate surface area is 94.9 Å². The van der Waals surface area contributed by atoms with Gasteiger partial charge in [0.15, 0.2) is 0 Å². The molecule has 1 aliphatic rings. The summed E-state index contributed by atoms with van der Waals surface area (Å²) in [6.07, 6.45) is 2.91. The van der Waals surface area contributed by atoms with Gasteiger partial charge in [-0.2, -0.15) is 0 Å². The summed E-state index contributed by atoms with van der Waals surface area (Å²) >= 11 is 0. The van der Waals surface area contributed by atoms with E-state index < -0.39 is 11.6 Å². The van der Waals surface area contributed by atoms with Crippen LogP contribution in [0, 0.1) is 11.6 Å². The molecule has 0 heterocycles. The van der Waals surface area contributed by atoms with E-state index >= 15 is 0 Å². The van der Waals surface area contributed by atoms with Gasteiger partial charge in [-0.3, -0.25) is 0 Å². The van der Waals surface area contributed by atoms with Crippen LogP contribution >= 0.6 is 0 Å². The summed E-state index contributed by atoms with van der Waals surface area (Å²) in [6.45, 7) is 2.87. The SMILES string of the molecule is CCNC1CCCC1c1c(F)cccc1F. The fourth-order valence-electron chi connectivity index (χ4n) is 2.68. The van der Waals surface area contributed by atoms with Gasteiger partial charge in [0, 0.05) is 17.5 Å². The molecule has 2 atom stereocenters. The smallest absolute Gasteiger partial charge is 0.129 e. The highest BCUT2D eigenvalue weighted by Crippen LogP contribution is 2.37. The molecule has 0 amide bonds. The molecule has 1 aromatic rings. The largest absolute Gasteiger partial charge is 0.314 e. The maximum absolute atomic E-state index is 13.6. The Kier molecular flexibility index (Phi) is 3.54. The first-order valence-corrected chi connectivity index (χ1v) is 5.91. The van der Waals surface area contributed by atoms with Crippen LogP contribution in [-0.4, -0.2) is 12.6 Å². The van der Waals surface area contributed by atoms with Gasteiger partial charge >= 0.3 is 0 Å². The summed E-state index contributed by atoms with van der Waals surface area (Å²) in [5, 5.41) is 3.31. The fourth-order valence-corrected chi connectivity index (χ4v) is 2.68. The first-order chi connectivity index (χ1) is 7.74. The van der Waals surface area contributed by atoms with Crippen LogP contribution < -0.4 is 5.32 Å². The molecule has 0 saturated heterocycles. The predicted octanol–water partition coefficient (Wildman–Crippen LogP) is 3.21. The summed E-state index contributed by atoms with van der Waals surface area (Å²) in [7, 11) is 0. The summed E-state index contributed by atoms with van der Waals surface area (Å²) in [5.41, 5.74) is 0.269. The third kappa shape index (κ3) is 2.09. The van der Waals surface area contributed by atoms with E-state index in [4.69, 9.17) is 0 Å². The number of halogens is 2. The van der Waals surface area contributed by atoms with Gasteiger partial charge in [0.1, 0.15) is 11.6 Å². The normalized spacial score (nSPS) is 24.9. The van der Waals surface area contributed by atoms with Crippen molar-refractivity contribution >= 4 is 0 Å². The van der Waals surface area contributed by atoms with Gasteiger partial charge in [-0.15, -0.1) is 0 Å². The van der Waals surface area contributed by atoms with E-state index in [1.165, 1.54) is 18.2 Å². The second-order valence-electron chi connectivity index (χ2n) is 4.34. The Bertz CT molecular complexity index is 345. The number of benzene rings is 1. The summed E-state index contributed by atoms with van der Waals surface area (Å²) in [4.78, 5) is 0. The van der Waals surface area contributed by atoms with E-state index in [0.29, 0.717) is 0 Å². The van der Waals surface area contributed by atoms with E-state index in [0.717, 1.165) is 25.8 Å². The minimum atomic E-state index is -0.408. The van der Waals surface area contributed by atoms with Crippen molar-refractivity contribution in [1.82, 2.24) is 5.32 Å². The molecule has 1 aromatic carbocycles. The van der Waals surface area contributed by atoms with Gasteiger partial charge in [-0.25, -0.2) is 8.78 Å². The van der Waals surface area contributed by atoms with Crippen molar-refractivity contribution in [2.75, 3.05) is 6.54 Å². The maximum atomic E-state index is 13.6. The molecule has 1 nitrogen and oxygen atoms in total. The molecule has 1 saturated carbocycles. The molecular formula is C13H17F2N. The number of rotatable bonds is 3. The minimum absolute atomic E-state index is 0.0128. The van der Waals surface area contributed by atoms with Crippen LogP contribution in [0.15, 0.2) is 18.2 Å². The number of likely N-dealkylation sites (N-methyl/N-ethyl adjacent to an activating group) is 1. The van der Waals surface area contributed by atoms with Gasteiger partial charge in [-0.05, 0) is 31.5 Å². The molecule has 88 valence electrons. The van der Waals surface area contributed by atoms with E-state index in [1.54, 1.807) is 0 Å². The van der Waals surface area contributed by atoms with Crippen molar-refractivity contribution in [1.29, 1.82) is 0 Å². The number of hydrogen-bond acceptors (Lipinski definition) is 1. The van der Waals surface area contributed by atoms with Gasteiger partial charge in [0.2, 0.25) is 0 Å². The van der Waals surface area contributed by atoms with E-state index in [1.807, 2.05) is 6.92 Å². The second-order valence-corrected chi connectivity index (χ2v) is 4.34. The van der Waals surface area contributed by atoms with Crippen molar-refractivity contribution in [3.05, 3.63) is 35.4 Å². The third-order valence-electron chi connectivity index (χ3n) is 3.35. The average Bonchev–Trinajstić information content (AvgIpc) is 2.67. The molecule has 0 bridgehead atoms. The summed E-state index contributed by atoms with van der Waals surface area (Å²) < 4.78 is 27.3. The number of nitrogens with one attached hydrogen (secondary N) is 1. The molecule has 0 spiro atoms. The highest BCUT2D eigenvalue weighted by atomic mass is 19.1. The van der Waals surface area contributed by atoms with Crippen LogP contribution in [0.2, 0.25) is 0 Å². The van der Waals surface area contributed by atoms with Gasteiger partial charge in [-0.1, -0.05) is 19.4 Å². The maximum Gasteiger partial charge on any atom is 0.129 e. The Morgan fingerprint density at radius 2 is 1.94 bits per heavy atom. The van der Waals surface area contributed by atoms with Crippen LogP contribution in [-0.2, 0) is 0 Å². The lowest BCUT2D eigenvalue weighted by Crippen LogP contribution is -2.31. The molecule has 0 aromatic heterocycles. The third-order valence-corrected chi connectivity index (χ3v) is 3.35. The fraction of sp³-hybridized carbons (Fsp3) is 0.538. The minimum Gasteiger partial charge on any atom is -0.314 e. The van der Waals surface area contributed by atoms with Gasteiger partial charge in [0.05, 0.1) is 0 Å². The van der Waals surface area contributed by atoms with Crippen LogP contribution in [0.3, 0.4) is 0 Å². The molecule has 0 radical (unpaired) electrons. The predicted molar refractivity (Wildman–Crippen MR) is 60.4 cm³/mol. The molecule has 1 N–H and O–H groups in total. The quantitative estimate of drug-likeness (QED) is 0.833. The summed E-state index contributed by atoms with van der Waals surface area (Å²) in [5.74, 6) is -0.828. The molecule has 1 fully saturated rings. The molecule has 1 aliphatic carbocycles. The highest BCUT2D eigenvalue weighted by Gasteiger charge is 2.31. The molecular weight excluding hydrogens is 208 g/mol. The van der Waals surface area contributed by atoms with Crippen LogP contribution in [0.1, 0.15) is 37.7 Å². The Hall–Kier alpha value is -0.960. The Morgan fingerprint density at radius 1 is 1.25 bits per heavy atom. The van der Waals surface area contributed by atoms with Crippen molar-refractivity contribution in [3.63, 3.8) is 0 Å². The van der Waals surface area contributed by atoms with Crippen molar-refractivity contribution < 1.29 is 8.78 Å². The zero-order valence-corrected chi connectivity index (χ0v) is 9.47. The number of hydrogen-bond donors (Lipinski definition) is 1. The Morgan fingerprint density at radius 3 is 2.56 bits per heavy atom. The monoisotopic (exact) mass is 225 g/mol. The lowest BCUT2D eigenvalue weighted by molar-refractivity contribution is 0.452. The first-order valence-electron chi connectivity index (χ1n) is 5.91. The molecule has 16 heavy (non-hydrogen) atoms. The van der Waals surface area contributed by atoms with Crippen molar-refractivity contribution in [3.8, 4) is 0 Å². The average molecular weight is 225 g/mol. The molecule has 0 aliphatic heterocycles. The lowest BCUT2D eigenvalue weighted by Gasteiger charge is -2.21. The lowest BCUT2D eigenvalue weighted by atomic mass is 9.93. The molecule has 2 unspecified atom stereocenters. The van der Waals surface area contributed by atoms with Gasteiger partial charge in [0.25, 0.3) is 0 Å². The topological polar surface area (TPSA) is 12.0 Å². The standard InChI is InChI=1S/C13H17F2N/c1-2-16-12-8-3-5-9(12)13-10(14)6-4-7-11(13)15/h4,6-7,9,12,16H,2-3,5,8H2,1H3. The zero-order valence-electron chi connectivity index (χ0n) is 9.47. The zero-order chi connectivity index (χ0) is 11.5.